The molecule has 5 heteroatoms. The lowest BCUT2D eigenvalue weighted by Gasteiger charge is -2.40. The minimum absolute atomic E-state index is 0.0825. The molecule has 1 saturated heterocycles. The molecule has 1 aromatic heterocycles. The maximum absolute atomic E-state index is 12.3. The normalized spacial score (nSPS) is 21.0. The van der Waals surface area contributed by atoms with Gasteiger partial charge in [-0.3, -0.25) is 14.4 Å². The van der Waals surface area contributed by atoms with Gasteiger partial charge in [-0.15, -0.1) is 0 Å². The average molecular weight is 304 g/mol. The Kier molecular flexibility index (Phi) is 4.26. The van der Waals surface area contributed by atoms with Crippen molar-refractivity contribution in [2.24, 2.45) is 5.41 Å². The standard InChI is InChI=1S/C17H28N4O/c1-17(2,3)12-16(22)19-8-5-14(6-9-19)20-10-11-21-15(13-20)4-7-18-21/h4,7,14H,5-6,8-13H2,1-3H3. The van der Waals surface area contributed by atoms with E-state index in [1.54, 1.807) is 0 Å². The zero-order valence-electron chi connectivity index (χ0n) is 14.1. The van der Waals surface area contributed by atoms with Crippen LogP contribution in [0.25, 0.3) is 0 Å². The Balaban J connectivity index is 1.51. The van der Waals surface area contributed by atoms with E-state index in [4.69, 9.17) is 0 Å². The van der Waals surface area contributed by atoms with Gasteiger partial charge in [0.15, 0.2) is 0 Å². The summed E-state index contributed by atoms with van der Waals surface area (Å²) in [6.07, 6.45) is 4.75. The molecular weight excluding hydrogens is 276 g/mol. The summed E-state index contributed by atoms with van der Waals surface area (Å²) in [4.78, 5) is 17.0. The molecule has 0 spiro atoms. The van der Waals surface area contributed by atoms with Gasteiger partial charge in [0.1, 0.15) is 0 Å². The maximum Gasteiger partial charge on any atom is 0.223 e. The number of hydrogen-bond acceptors (Lipinski definition) is 3. The number of carbonyl (C=O) groups excluding carboxylic acids is 1. The number of aromatic nitrogens is 2. The van der Waals surface area contributed by atoms with Gasteiger partial charge in [-0.05, 0) is 24.3 Å². The van der Waals surface area contributed by atoms with Crippen LogP contribution in [0.4, 0.5) is 0 Å². The van der Waals surface area contributed by atoms with Crippen molar-refractivity contribution in [3.8, 4) is 0 Å². The molecule has 122 valence electrons. The molecule has 0 saturated carbocycles. The van der Waals surface area contributed by atoms with Gasteiger partial charge in [0.25, 0.3) is 0 Å². The highest BCUT2D eigenvalue weighted by Crippen LogP contribution is 2.24. The first-order chi connectivity index (χ1) is 10.4. The van der Waals surface area contributed by atoms with Crippen LogP contribution in [0.15, 0.2) is 12.3 Å². The molecule has 2 aliphatic rings. The third-order valence-corrected chi connectivity index (χ3v) is 4.78. The molecule has 0 atom stereocenters. The highest BCUT2D eigenvalue weighted by Gasteiger charge is 2.30. The fourth-order valence-electron chi connectivity index (χ4n) is 3.56. The number of carbonyl (C=O) groups is 1. The van der Waals surface area contributed by atoms with Crippen LogP contribution in [-0.4, -0.2) is 51.2 Å². The number of nitrogens with zero attached hydrogens (tertiary/aromatic N) is 4. The molecule has 0 aromatic carbocycles. The number of rotatable bonds is 2. The molecule has 0 radical (unpaired) electrons. The lowest BCUT2D eigenvalue weighted by atomic mass is 9.91. The van der Waals surface area contributed by atoms with E-state index in [0.29, 0.717) is 18.4 Å². The van der Waals surface area contributed by atoms with Crippen molar-refractivity contribution in [2.45, 2.75) is 59.2 Å². The third kappa shape index (κ3) is 3.51. The average Bonchev–Trinajstić information content (AvgIpc) is 2.93. The number of piperidine rings is 1. The van der Waals surface area contributed by atoms with E-state index >= 15 is 0 Å². The van der Waals surface area contributed by atoms with Crippen LogP contribution in [0.5, 0.6) is 0 Å². The fourth-order valence-corrected chi connectivity index (χ4v) is 3.56. The molecule has 1 amide bonds. The van der Waals surface area contributed by atoms with Gasteiger partial charge in [0.2, 0.25) is 5.91 Å². The number of fused-ring (bicyclic) bond motifs is 1. The van der Waals surface area contributed by atoms with Gasteiger partial charge in [0.05, 0.1) is 12.2 Å². The van der Waals surface area contributed by atoms with Crippen molar-refractivity contribution < 1.29 is 4.79 Å². The van der Waals surface area contributed by atoms with Gasteiger partial charge in [-0.1, -0.05) is 20.8 Å². The summed E-state index contributed by atoms with van der Waals surface area (Å²) in [5, 5.41) is 4.34. The highest BCUT2D eigenvalue weighted by molar-refractivity contribution is 5.76. The zero-order valence-corrected chi connectivity index (χ0v) is 14.1. The van der Waals surface area contributed by atoms with E-state index in [1.807, 2.05) is 6.20 Å². The van der Waals surface area contributed by atoms with Crippen LogP contribution >= 0.6 is 0 Å². The lowest BCUT2D eigenvalue weighted by Crippen LogP contribution is -2.49. The molecule has 2 aliphatic heterocycles. The predicted octanol–water partition coefficient (Wildman–Crippen LogP) is 2.13. The molecule has 0 bridgehead atoms. The quantitative estimate of drug-likeness (QED) is 0.840. The number of likely N-dealkylation sites (tertiary alicyclic amines) is 1. The minimum atomic E-state index is 0.0825. The van der Waals surface area contributed by atoms with Gasteiger partial charge in [-0.25, -0.2) is 0 Å². The third-order valence-electron chi connectivity index (χ3n) is 4.78. The second-order valence-electron chi connectivity index (χ2n) is 7.87. The summed E-state index contributed by atoms with van der Waals surface area (Å²) in [6, 6.07) is 2.73. The molecule has 1 aromatic rings. The molecule has 3 heterocycles. The van der Waals surface area contributed by atoms with Crippen LogP contribution in [0.2, 0.25) is 0 Å². The minimum Gasteiger partial charge on any atom is -0.343 e. The Morgan fingerprint density at radius 1 is 1.23 bits per heavy atom. The Morgan fingerprint density at radius 3 is 2.64 bits per heavy atom. The van der Waals surface area contributed by atoms with Crippen LogP contribution < -0.4 is 0 Å². The van der Waals surface area contributed by atoms with Crippen molar-refractivity contribution in [2.75, 3.05) is 19.6 Å². The van der Waals surface area contributed by atoms with Crippen LogP contribution in [0.1, 0.15) is 45.7 Å². The van der Waals surface area contributed by atoms with E-state index in [-0.39, 0.29) is 5.41 Å². The van der Waals surface area contributed by atoms with Gasteiger partial charge < -0.3 is 4.90 Å². The van der Waals surface area contributed by atoms with Gasteiger partial charge in [0, 0.05) is 44.8 Å². The molecule has 0 unspecified atom stereocenters. The van der Waals surface area contributed by atoms with Crippen molar-refractivity contribution in [1.82, 2.24) is 19.6 Å². The molecule has 0 N–H and O–H groups in total. The topological polar surface area (TPSA) is 41.4 Å². The Hall–Kier alpha value is -1.36. The summed E-state index contributed by atoms with van der Waals surface area (Å²) in [7, 11) is 0. The monoisotopic (exact) mass is 304 g/mol. The fraction of sp³-hybridized carbons (Fsp3) is 0.765. The maximum atomic E-state index is 12.3. The molecule has 22 heavy (non-hydrogen) atoms. The van der Waals surface area contributed by atoms with E-state index in [2.05, 4.69) is 46.4 Å². The molecular formula is C17H28N4O. The highest BCUT2D eigenvalue weighted by atomic mass is 16.2. The largest absolute Gasteiger partial charge is 0.343 e. The predicted molar refractivity (Wildman–Crippen MR) is 86.3 cm³/mol. The van der Waals surface area contributed by atoms with E-state index in [0.717, 1.165) is 45.6 Å². The van der Waals surface area contributed by atoms with Crippen molar-refractivity contribution >= 4 is 5.91 Å². The summed E-state index contributed by atoms with van der Waals surface area (Å²) in [6.45, 7) is 11.3. The SMILES string of the molecule is CC(C)(C)CC(=O)N1CCC(N2CCn3nccc3C2)CC1. The Labute approximate surface area is 133 Å². The summed E-state index contributed by atoms with van der Waals surface area (Å²) in [5.74, 6) is 0.322. The molecule has 5 nitrogen and oxygen atoms in total. The molecule has 0 aliphatic carbocycles. The van der Waals surface area contributed by atoms with Crippen molar-refractivity contribution in [3.05, 3.63) is 18.0 Å². The first-order valence-electron chi connectivity index (χ1n) is 8.45. The van der Waals surface area contributed by atoms with Crippen molar-refractivity contribution in [1.29, 1.82) is 0 Å². The molecule has 3 rings (SSSR count). The second-order valence-corrected chi connectivity index (χ2v) is 7.87. The van der Waals surface area contributed by atoms with Crippen LogP contribution in [0.3, 0.4) is 0 Å². The van der Waals surface area contributed by atoms with Crippen LogP contribution in [-0.2, 0) is 17.9 Å². The first-order valence-corrected chi connectivity index (χ1v) is 8.45. The van der Waals surface area contributed by atoms with E-state index in [1.165, 1.54) is 5.69 Å². The molecule has 1 fully saturated rings. The summed E-state index contributed by atoms with van der Waals surface area (Å²) < 4.78 is 2.11. The first kappa shape index (κ1) is 15.5. The second kappa shape index (κ2) is 6.03. The van der Waals surface area contributed by atoms with Crippen LogP contribution in [0, 0.1) is 5.41 Å². The zero-order chi connectivity index (χ0) is 15.7. The Bertz CT molecular complexity index is 523. The van der Waals surface area contributed by atoms with E-state index in [9.17, 15) is 4.79 Å². The smallest absolute Gasteiger partial charge is 0.223 e. The van der Waals surface area contributed by atoms with Gasteiger partial charge >= 0.3 is 0 Å². The van der Waals surface area contributed by atoms with Crippen molar-refractivity contribution in [3.63, 3.8) is 0 Å². The summed E-state index contributed by atoms with van der Waals surface area (Å²) in [5.41, 5.74) is 1.40. The lowest BCUT2D eigenvalue weighted by molar-refractivity contribution is -0.134. The number of amides is 1. The Morgan fingerprint density at radius 2 is 1.95 bits per heavy atom. The van der Waals surface area contributed by atoms with Gasteiger partial charge in [-0.2, -0.15) is 5.10 Å². The number of hydrogen-bond donors (Lipinski definition) is 0. The van der Waals surface area contributed by atoms with E-state index < -0.39 is 0 Å². The summed E-state index contributed by atoms with van der Waals surface area (Å²) >= 11 is 0.